The summed E-state index contributed by atoms with van der Waals surface area (Å²) >= 11 is 0. The maximum Gasteiger partial charge on any atom is 0.224 e. The van der Waals surface area contributed by atoms with Gasteiger partial charge in [-0.1, -0.05) is 43.9 Å². The number of nitrogens with zero attached hydrogens (tertiary/aromatic N) is 1. The number of aromatic amines is 1. The van der Waals surface area contributed by atoms with E-state index in [2.05, 4.69) is 52.5 Å². The van der Waals surface area contributed by atoms with Crippen LogP contribution in [0.2, 0.25) is 0 Å². The number of aromatic nitrogens is 2. The first-order chi connectivity index (χ1) is 13.7. The number of nitrogens with one attached hydrogen (secondary N) is 2. The van der Waals surface area contributed by atoms with Crippen molar-refractivity contribution in [2.75, 3.05) is 5.32 Å². The summed E-state index contributed by atoms with van der Waals surface area (Å²) in [4.78, 5) is 20.2. The third-order valence-corrected chi connectivity index (χ3v) is 5.83. The highest BCUT2D eigenvalue weighted by atomic mass is 16.1. The molecule has 1 aromatic heterocycles. The average molecular weight is 376 g/mol. The van der Waals surface area contributed by atoms with Gasteiger partial charge in [-0.25, -0.2) is 4.98 Å². The number of imidazole rings is 1. The van der Waals surface area contributed by atoms with E-state index < -0.39 is 0 Å². The van der Waals surface area contributed by atoms with Crippen molar-refractivity contribution in [1.82, 2.24) is 9.97 Å². The lowest BCUT2D eigenvalue weighted by molar-refractivity contribution is -0.116. The molecule has 3 aromatic rings. The number of amides is 1. The van der Waals surface area contributed by atoms with Gasteiger partial charge in [0.25, 0.3) is 0 Å². The zero-order chi connectivity index (χ0) is 19.3. The summed E-state index contributed by atoms with van der Waals surface area (Å²) in [5.41, 5.74) is 5.51. The predicted molar refractivity (Wildman–Crippen MR) is 115 cm³/mol. The Kier molecular flexibility index (Phi) is 5.75. The first-order valence-corrected chi connectivity index (χ1v) is 10.5. The van der Waals surface area contributed by atoms with Crippen molar-refractivity contribution < 1.29 is 4.79 Å². The Morgan fingerprint density at radius 3 is 2.68 bits per heavy atom. The molecule has 1 amide bonds. The molecule has 1 heterocycles. The van der Waals surface area contributed by atoms with Gasteiger partial charge in [-0.05, 0) is 61.1 Å². The van der Waals surface area contributed by atoms with Gasteiger partial charge in [0.1, 0.15) is 5.82 Å². The van der Waals surface area contributed by atoms with Crippen LogP contribution in [0.3, 0.4) is 0 Å². The van der Waals surface area contributed by atoms with Crippen molar-refractivity contribution >= 4 is 22.6 Å². The third-order valence-electron chi connectivity index (χ3n) is 5.83. The molecule has 2 aromatic carbocycles. The van der Waals surface area contributed by atoms with Crippen LogP contribution >= 0.6 is 0 Å². The minimum Gasteiger partial charge on any atom is -0.342 e. The standard InChI is InChI=1S/C24H29N3O/c1-17-6-13-21-22(16-17)27-23(26-21)14-9-19-7-11-20(12-8-19)25-24(28)15-10-18-4-2-3-5-18/h6-8,11-13,16,18H,2-5,9-10,14-15H2,1H3,(H,25,28)(H,26,27). The highest BCUT2D eigenvalue weighted by Crippen LogP contribution is 2.28. The van der Waals surface area contributed by atoms with E-state index in [4.69, 9.17) is 0 Å². The van der Waals surface area contributed by atoms with E-state index in [0.717, 1.165) is 47.7 Å². The van der Waals surface area contributed by atoms with E-state index in [1.165, 1.54) is 36.8 Å². The van der Waals surface area contributed by atoms with Crippen LogP contribution in [-0.4, -0.2) is 15.9 Å². The maximum atomic E-state index is 12.2. The Bertz CT molecular complexity index is 936. The molecule has 1 fully saturated rings. The lowest BCUT2D eigenvalue weighted by Crippen LogP contribution is -2.12. The SMILES string of the molecule is Cc1ccc2nc(CCc3ccc(NC(=O)CCC4CCCC4)cc3)[nH]c2c1. The summed E-state index contributed by atoms with van der Waals surface area (Å²) in [6.45, 7) is 2.09. The molecule has 146 valence electrons. The van der Waals surface area contributed by atoms with Gasteiger partial charge in [0.2, 0.25) is 5.91 Å². The largest absolute Gasteiger partial charge is 0.342 e. The lowest BCUT2D eigenvalue weighted by Gasteiger charge is -2.09. The lowest BCUT2D eigenvalue weighted by atomic mass is 10.0. The summed E-state index contributed by atoms with van der Waals surface area (Å²) < 4.78 is 0. The van der Waals surface area contributed by atoms with Gasteiger partial charge in [0.05, 0.1) is 11.0 Å². The number of fused-ring (bicyclic) bond motifs is 1. The molecule has 0 spiro atoms. The molecular weight excluding hydrogens is 346 g/mol. The highest BCUT2D eigenvalue weighted by molar-refractivity contribution is 5.90. The summed E-state index contributed by atoms with van der Waals surface area (Å²) in [5.74, 6) is 1.91. The quantitative estimate of drug-likeness (QED) is 0.567. The summed E-state index contributed by atoms with van der Waals surface area (Å²) in [5, 5.41) is 3.03. The molecule has 1 saturated carbocycles. The van der Waals surface area contributed by atoms with E-state index in [1.807, 2.05) is 12.1 Å². The number of anilines is 1. The topological polar surface area (TPSA) is 57.8 Å². The van der Waals surface area contributed by atoms with Crippen LogP contribution in [0.15, 0.2) is 42.5 Å². The third kappa shape index (κ3) is 4.80. The fraction of sp³-hybridized carbons (Fsp3) is 0.417. The predicted octanol–water partition coefficient (Wildman–Crippen LogP) is 5.57. The van der Waals surface area contributed by atoms with Gasteiger partial charge in [0, 0.05) is 18.5 Å². The van der Waals surface area contributed by atoms with Crippen LogP contribution in [0.1, 0.15) is 55.5 Å². The Hall–Kier alpha value is -2.62. The second kappa shape index (κ2) is 8.59. The monoisotopic (exact) mass is 375 g/mol. The van der Waals surface area contributed by atoms with E-state index in [-0.39, 0.29) is 5.91 Å². The molecule has 0 aliphatic heterocycles. The first-order valence-electron chi connectivity index (χ1n) is 10.5. The van der Waals surface area contributed by atoms with E-state index in [9.17, 15) is 4.79 Å². The van der Waals surface area contributed by atoms with Crippen molar-refractivity contribution in [2.24, 2.45) is 5.92 Å². The number of hydrogen-bond donors (Lipinski definition) is 2. The number of carbonyl (C=O) groups excluding carboxylic acids is 1. The van der Waals surface area contributed by atoms with Gasteiger partial charge >= 0.3 is 0 Å². The fourth-order valence-electron chi connectivity index (χ4n) is 4.17. The van der Waals surface area contributed by atoms with Crippen molar-refractivity contribution in [1.29, 1.82) is 0 Å². The number of aryl methyl sites for hydroxylation is 3. The molecule has 1 aliphatic rings. The summed E-state index contributed by atoms with van der Waals surface area (Å²) in [6.07, 6.45) is 8.73. The van der Waals surface area contributed by atoms with Crippen molar-refractivity contribution in [3.8, 4) is 0 Å². The highest BCUT2D eigenvalue weighted by Gasteiger charge is 2.16. The number of H-pyrrole nitrogens is 1. The smallest absolute Gasteiger partial charge is 0.224 e. The van der Waals surface area contributed by atoms with Gasteiger partial charge < -0.3 is 10.3 Å². The number of carbonyl (C=O) groups is 1. The minimum atomic E-state index is 0.136. The summed E-state index contributed by atoms with van der Waals surface area (Å²) in [6, 6.07) is 14.5. The molecule has 4 nitrogen and oxygen atoms in total. The maximum absolute atomic E-state index is 12.2. The van der Waals surface area contributed by atoms with Crippen LogP contribution in [0.4, 0.5) is 5.69 Å². The second-order valence-corrected chi connectivity index (χ2v) is 8.14. The molecule has 0 atom stereocenters. The molecule has 4 heteroatoms. The van der Waals surface area contributed by atoms with E-state index in [1.54, 1.807) is 0 Å². The van der Waals surface area contributed by atoms with E-state index >= 15 is 0 Å². The van der Waals surface area contributed by atoms with Crippen LogP contribution in [-0.2, 0) is 17.6 Å². The number of benzene rings is 2. The van der Waals surface area contributed by atoms with Gasteiger partial charge in [-0.3, -0.25) is 4.79 Å². The van der Waals surface area contributed by atoms with Crippen LogP contribution in [0, 0.1) is 12.8 Å². The minimum absolute atomic E-state index is 0.136. The number of hydrogen-bond acceptors (Lipinski definition) is 2. The zero-order valence-corrected chi connectivity index (χ0v) is 16.6. The van der Waals surface area contributed by atoms with Gasteiger partial charge in [-0.15, -0.1) is 0 Å². The van der Waals surface area contributed by atoms with Crippen molar-refractivity contribution in [2.45, 2.75) is 58.3 Å². The Balaban J connectivity index is 1.27. The van der Waals surface area contributed by atoms with Crippen LogP contribution < -0.4 is 5.32 Å². The van der Waals surface area contributed by atoms with E-state index in [0.29, 0.717) is 6.42 Å². The molecule has 0 unspecified atom stereocenters. The first kappa shape index (κ1) is 18.7. The molecule has 0 saturated heterocycles. The molecule has 2 N–H and O–H groups in total. The van der Waals surface area contributed by atoms with Crippen LogP contribution in [0.25, 0.3) is 11.0 Å². The van der Waals surface area contributed by atoms with Crippen LogP contribution in [0.5, 0.6) is 0 Å². The van der Waals surface area contributed by atoms with Gasteiger partial charge in [0.15, 0.2) is 0 Å². The normalized spacial score (nSPS) is 14.6. The molecule has 0 radical (unpaired) electrons. The Labute approximate surface area is 166 Å². The van der Waals surface area contributed by atoms with Crippen molar-refractivity contribution in [3.63, 3.8) is 0 Å². The zero-order valence-electron chi connectivity index (χ0n) is 16.6. The van der Waals surface area contributed by atoms with Gasteiger partial charge in [-0.2, -0.15) is 0 Å². The fourth-order valence-corrected chi connectivity index (χ4v) is 4.17. The molecule has 0 bridgehead atoms. The molecular formula is C24H29N3O. The number of rotatable bonds is 7. The average Bonchev–Trinajstić information content (AvgIpc) is 3.35. The Morgan fingerprint density at radius 2 is 1.89 bits per heavy atom. The Morgan fingerprint density at radius 1 is 1.11 bits per heavy atom. The summed E-state index contributed by atoms with van der Waals surface area (Å²) in [7, 11) is 0. The molecule has 1 aliphatic carbocycles. The molecule has 28 heavy (non-hydrogen) atoms. The second-order valence-electron chi connectivity index (χ2n) is 8.14. The van der Waals surface area contributed by atoms with Crippen molar-refractivity contribution in [3.05, 3.63) is 59.4 Å². The molecule has 4 rings (SSSR count).